The fraction of sp³-hybridized carbons (Fsp3) is 0.333. The maximum atomic E-state index is 12.7. The van der Waals surface area contributed by atoms with Gasteiger partial charge in [-0.05, 0) is 36.2 Å². The van der Waals surface area contributed by atoms with E-state index in [1.807, 2.05) is 36.4 Å². The largest absolute Gasteiger partial charge is 0.494 e. The maximum Gasteiger partial charge on any atom is 0.280 e. The topological polar surface area (TPSA) is 63.7 Å². The lowest BCUT2D eigenvalue weighted by Gasteiger charge is -2.29. The van der Waals surface area contributed by atoms with E-state index in [1.165, 1.54) is 11.3 Å². The molecule has 1 amide bonds. The van der Waals surface area contributed by atoms with Crippen molar-refractivity contribution in [2.45, 2.75) is 6.42 Å². The summed E-state index contributed by atoms with van der Waals surface area (Å²) < 4.78 is 11.9. The lowest BCUT2D eigenvalue weighted by atomic mass is 10.1. The van der Waals surface area contributed by atoms with Gasteiger partial charge in [0.05, 0.1) is 30.7 Å². The first-order chi connectivity index (χ1) is 14.2. The van der Waals surface area contributed by atoms with E-state index >= 15 is 0 Å². The molecular weight excluding hydrogens is 410 g/mol. The molecule has 1 N–H and O–H groups in total. The Balaban J connectivity index is 1.53. The molecule has 29 heavy (non-hydrogen) atoms. The van der Waals surface area contributed by atoms with Gasteiger partial charge in [-0.15, -0.1) is 11.3 Å². The Bertz CT molecular complexity index is 1020. The van der Waals surface area contributed by atoms with Crippen molar-refractivity contribution in [3.63, 3.8) is 0 Å². The number of morpholine rings is 1. The minimum atomic E-state index is -0.178. The lowest BCUT2D eigenvalue weighted by molar-refractivity contribution is 0.0954. The van der Waals surface area contributed by atoms with Crippen LogP contribution in [-0.4, -0.2) is 50.8 Å². The number of methoxy groups -OCH3 is 1. The second-order valence-corrected chi connectivity index (χ2v) is 8.15. The summed E-state index contributed by atoms with van der Waals surface area (Å²) in [5.74, 6) is 0.495. The number of amides is 1. The van der Waals surface area contributed by atoms with Gasteiger partial charge in [-0.1, -0.05) is 23.7 Å². The van der Waals surface area contributed by atoms with Gasteiger partial charge in [0.1, 0.15) is 11.3 Å². The second-order valence-electron chi connectivity index (χ2n) is 6.72. The maximum absolute atomic E-state index is 12.7. The highest BCUT2D eigenvalue weighted by Crippen LogP contribution is 2.37. The summed E-state index contributed by atoms with van der Waals surface area (Å²) in [7, 11) is 1.62. The predicted molar refractivity (Wildman–Crippen MR) is 117 cm³/mol. The van der Waals surface area contributed by atoms with Crippen LogP contribution < -0.4 is 15.0 Å². The normalized spacial score (nSPS) is 14.2. The van der Waals surface area contributed by atoms with Crippen LogP contribution in [0.1, 0.15) is 15.4 Å². The van der Waals surface area contributed by atoms with Crippen LogP contribution in [0.3, 0.4) is 0 Å². The Morgan fingerprint density at radius 3 is 2.90 bits per heavy atom. The van der Waals surface area contributed by atoms with E-state index in [2.05, 4.69) is 15.2 Å². The van der Waals surface area contributed by atoms with Crippen molar-refractivity contribution in [2.75, 3.05) is 44.9 Å². The van der Waals surface area contributed by atoms with E-state index in [-0.39, 0.29) is 5.91 Å². The highest BCUT2D eigenvalue weighted by Gasteiger charge is 2.21. The van der Waals surface area contributed by atoms with Crippen LogP contribution in [-0.2, 0) is 11.2 Å². The molecule has 1 aliphatic rings. The zero-order valence-electron chi connectivity index (χ0n) is 16.1. The first kappa shape index (κ1) is 19.9. The van der Waals surface area contributed by atoms with Gasteiger partial charge in [0.2, 0.25) is 0 Å². The molecule has 1 saturated heterocycles. The molecule has 0 saturated carbocycles. The van der Waals surface area contributed by atoms with Crippen molar-refractivity contribution in [1.29, 1.82) is 0 Å². The molecule has 0 unspecified atom stereocenters. The summed E-state index contributed by atoms with van der Waals surface area (Å²) in [4.78, 5) is 19.5. The van der Waals surface area contributed by atoms with Crippen LogP contribution in [0.25, 0.3) is 10.2 Å². The number of benzene rings is 2. The van der Waals surface area contributed by atoms with Crippen LogP contribution in [0.2, 0.25) is 5.02 Å². The number of aromatic nitrogens is 1. The number of halogens is 1. The summed E-state index contributed by atoms with van der Waals surface area (Å²) in [5.41, 5.74) is 2.87. The van der Waals surface area contributed by atoms with Gasteiger partial charge in [0, 0.05) is 24.7 Å². The molecule has 0 atom stereocenters. The van der Waals surface area contributed by atoms with E-state index in [0.29, 0.717) is 42.0 Å². The third-order valence-corrected chi connectivity index (χ3v) is 6.15. The van der Waals surface area contributed by atoms with Crippen LogP contribution in [0.5, 0.6) is 5.75 Å². The molecule has 152 valence electrons. The number of rotatable bonds is 6. The number of carbonyl (C=O) groups is 1. The Morgan fingerprint density at radius 2 is 2.14 bits per heavy atom. The molecule has 0 spiro atoms. The molecule has 0 radical (unpaired) electrons. The fourth-order valence-corrected chi connectivity index (χ4v) is 4.63. The van der Waals surface area contributed by atoms with Gasteiger partial charge in [0.15, 0.2) is 5.01 Å². The van der Waals surface area contributed by atoms with E-state index in [1.54, 1.807) is 7.11 Å². The molecule has 0 bridgehead atoms. The summed E-state index contributed by atoms with van der Waals surface area (Å²) in [5, 5.41) is 4.09. The van der Waals surface area contributed by atoms with Crippen LogP contribution in [0.15, 0.2) is 36.4 Å². The number of fused-ring (bicyclic) bond motifs is 1. The number of hydrogen-bond acceptors (Lipinski definition) is 6. The van der Waals surface area contributed by atoms with Crippen LogP contribution in [0, 0.1) is 0 Å². The smallest absolute Gasteiger partial charge is 0.280 e. The Hall–Kier alpha value is -2.35. The summed E-state index contributed by atoms with van der Waals surface area (Å²) >= 11 is 7.41. The molecule has 2 heterocycles. The highest BCUT2D eigenvalue weighted by atomic mass is 35.5. The van der Waals surface area contributed by atoms with Gasteiger partial charge in [-0.2, -0.15) is 0 Å². The highest BCUT2D eigenvalue weighted by molar-refractivity contribution is 7.21. The number of carbonyl (C=O) groups excluding carboxylic acids is 1. The van der Waals surface area contributed by atoms with Crippen molar-refractivity contribution < 1.29 is 14.3 Å². The molecular formula is C21H22ClN3O3S. The molecule has 0 aliphatic carbocycles. The molecule has 1 fully saturated rings. The average Bonchev–Trinajstić information content (AvgIpc) is 3.19. The molecule has 3 aromatic rings. The number of hydrogen-bond donors (Lipinski definition) is 1. The molecule has 1 aromatic heterocycles. The van der Waals surface area contributed by atoms with E-state index in [4.69, 9.17) is 21.1 Å². The van der Waals surface area contributed by atoms with E-state index < -0.39 is 0 Å². The van der Waals surface area contributed by atoms with Gasteiger partial charge in [-0.3, -0.25) is 4.79 Å². The first-order valence-corrected chi connectivity index (χ1v) is 10.7. The average molecular weight is 432 g/mol. The Labute approximate surface area is 178 Å². The fourth-order valence-electron chi connectivity index (χ4n) is 3.37. The third kappa shape index (κ3) is 4.47. The van der Waals surface area contributed by atoms with Crippen LogP contribution in [0.4, 0.5) is 5.69 Å². The SMILES string of the molecule is COc1ccc(N2CCOCC2)c2sc(C(=O)NCCc3cccc(Cl)c3)nc12. The second kappa shape index (κ2) is 8.98. The zero-order valence-corrected chi connectivity index (χ0v) is 17.7. The number of anilines is 1. The third-order valence-electron chi connectivity index (χ3n) is 4.84. The lowest BCUT2D eigenvalue weighted by Crippen LogP contribution is -2.36. The first-order valence-electron chi connectivity index (χ1n) is 9.48. The van der Waals surface area contributed by atoms with Crippen molar-refractivity contribution in [3.05, 3.63) is 52.0 Å². The number of ether oxygens (including phenoxy) is 2. The Kier molecular flexibility index (Phi) is 6.18. The molecule has 2 aromatic carbocycles. The summed E-state index contributed by atoms with van der Waals surface area (Å²) in [6.45, 7) is 3.55. The van der Waals surface area contributed by atoms with Crippen molar-refractivity contribution in [2.24, 2.45) is 0 Å². The molecule has 1 aliphatic heterocycles. The number of nitrogens with one attached hydrogen (secondary N) is 1. The molecule has 6 nitrogen and oxygen atoms in total. The number of thiazole rings is 1. The molecule has 8 heteroatoms. The van der Waals surface area contributed by atoms with Crippen molar-refractivity contribution >= 4 is 44.7 Å². The summed E-state index contributed by atoms with van der Waals surface area (Å²) in [6, 6.07) is 11.6. The zero-order chi connectivity index (χ0) is 20.2. The minimum absolute atomic E-state index is 0.178. The minimum Gasteiger partial charge on any atom is -0.494 e. The molecule has 4 rings (SSSR count). The Morgan fingerprint density at radius 1 is 1.31 bits per heavy atom. The monoisotopic (exact) mass is 431 g/mol. The van der Waals surface area contributed by atoms with Gasteiger partial charge in [-0.25, -0.2) is 4.98 Å². The van der Waals surface area contributed by atoms with Crippen LogP contribution >= 0.6 is 22.9 Å². The van der Waals surface area contributed by atoms with Gasteiger partial charge >= 0.3 is 0 Å². The van der Waals surface area contributed by atoms with E-state index in [9.17, 15) is 4.79 Å². The van der Waals surface area contributed by atoms with Crippen molar-refractivity contribution in [1.82, 2.24) is 10.3 Å². The van der Waals surface area contributed by atoms with Crippen molar-refractivity contribution in [3.8, 4) is 5.75 Å². The predicted octanol–water partition coefficient (Wildman–Crippen LogP) is 3.77. The van der Waals surface area contributed by atoms with Gasteiger partial charge in [0.25, 0.3) is 5.91 Å². The quantitative estimate of drug-likeness (QED) is 0.643. The summed E-state index contributed by atoms with van der Waals surface area (Å²) in [6.07, 6.45) is 0.708. The van der Waals surface area contributed by atoms with E-state index in [0.717, 1.165) is 34.6 Å². The standard InChI is InChI=1S/C21H22ClN3O3S/c1-27-17-6-5-16(25-9-11-28-12-10-25)19-18(17)24-21(29-19)20(26)23-8-7-14-3-2-4-15(22)13-14/h2-6,13H,7-12H2,1H3,(H,23,26). The number of nitrogens with zero attached hydrogens (tertiary/aromatic N) is 2. The van der Waals surface area contributed by atoms with Gasteiger partial charge < -0.3 is 19.7 Å².